The number of rotatable bonds is 2. The molecule has 0 radical (unpaired) electrons. The lowest BCUT2D eigenvalue weighted by Gasteiger charge is -2.10. The summed E-state index contributed by atoms with van der Waals surface area (Å²) in [5.41, 5.74) is 5.40. The molecule has 3 N–H and O–H groups in total. The number of anilines is 1. The van der Waals surface area contributed by atoms with Gasteiger partial charge < -0.3 is 5.43 Å². The zero-order valence-corrected chi connectivity index (χ0v) is 12.2. The first-order valence-corrected chi connectivity index (χ1v) is 7.53. The van der Waals surface area contributed by atoms with Gasteiger partial charge in [0.1, 0.15) is 11.6 Å². The van der Waals surface area contributed by atoms with E-state index in [1.807, 2.05) is 0 Å². The summed E-state index contributed by atoms with van der Waals surface area (Å²) in [5.74, 6) is 8.10. The van der Waals surface area contributed by atoms with E-state index in [0.717, 1.165) is 28.3 Å². The number of nitrogens with one attached hydrogen (secondary N) is 1. The molecule has 0 bridgehead atoms. The Labute approximate surface area is 122 Å². The van der Waals surface area contributed by atoms with Crippen molar-refractivity contribution in [3.05, 3.63) is 39.7 Å². The molecule has 3 rings (SSSR count). The molecule has 0 aliphatic carbocycles. The molecule has 0 amide bonds. The van der Waals surface area contributed by atoms with Crippen LogP contribution in [0.15, 0.2) is 22.7 Å². The fraction of sp³-hybridized carbons (Fsp3) is 0.167. The minimum Gasteiger partial charge on any atom is -0.308 e. The fourth-order valence-electron chi connectivity index (χ4n) is 1.96. The minimum absolute atomic E-state index is 0.301. The molecule has 98 valence electrons. The molecule has 1 aliphatic heterocycles. The topological polar surface area (TPSA) is 63.8 Å². The monoisotopic (exact) mass is 340 g/mol. The van der Waals surface area contributed by atoms with Gasteiger partial charge in [-0.3, -0.25) is 0 Å². The Morgan fingerprint density at radius 1 is 1.32 bits per heavy atom. The lowest BCUT2D eigenvalue weighted by atomic mass is 10.2. The summed E-state index contributed by atoms with van der Waals surface area (Å²) in [7, 11) is 0. The van der Waals surface area contributed by atoms with E-state index in [-0.39, 0.29) is 5.82 Å². The van der Waals surface area contributed by atoms with E-state index >= 15 is 0 Å². The van der Waals surface area contributed by atoms with Crippen LogP contribution >= 0.6 is 27.7 Å². The van der Waals surface area contributed by atoms with E-state index < -0.39 is 0 Å². The van der Waals surface area contributed by atoms with E-state index in [1.54, 1.807) is 17.8 Å². The van der Waals surface area contributed by atoms with E-state index in [4.69, 9.17) is 5.84 Å². The third-order valence-electron chi connectivity index (χ3n) is 2.89. The van der Waals surface area contributed by atoms with Gasteiger partial charge in [0.2, 0.25) is 0 Å². The number of benzene rings is 1. The number of hydrogen-bond acceptors (Lipinski definition) is 5. The van der Waals surface area contributed by atoms with E-state index in [1.165, 1.54) is 12.1 Å². The first kappa shape index (κ1) is 12.8. The van der Waals surface area contributed by atoms with Crippen LogP contribution in [0.25, 0.3) is 11.4 Å². The standard InChI is InChI=1S/C12H10BrFN4S/c13-9-3-6(14)1-2-7(9)11-16-10-5-19-4-8(10)12(17-11)18-15/h1-3H,4-5,15H2,(H,16,17,18). The summed E-state index contributed by atoms with van der Waals surface area (Å²) in [6.07, 6.45) is 0. The van der Waals surface area contributed by atoms with Crippen molar-refractivity contribution in [3.63, 3.8) is 0 Å². The van der Waals surface area contributed by atoms with Gasteiger partial charge in [-0.2, -0.15) is 11.8 Å². The first-order valence-electron chi connectivity index (χ1n) is 5.58. The zero-order valence-electron chi connectivity index (χ0n) is 9.78. The molecule has 1 aromatic carbocycles. The normalized spacial score (nSPS) is 13.4. The van der Waals surface area contributed by atoms with Crippen LogP contribution in [-0.2, 0) is 11.5 Å². The highest BCUT2D eigenvalue weighted by Crippen LogP contribution is 2.35. The van der Waals surface area contributed by atoms with Crippen molar-refractivity contribution in [2.75, 3.05) is 5.43 Å². The minimum atomic E-state index is -0.301. The predicted molar refractivity (Wildman–Crippen MR) is 77.9 cm³/mol. The van der Waals surface area contributed by atoms with Gasteiger partial charge in [0, 0.05) is 27.1 Å². The van der Waals surface area contributed by atoms with Crippen LogP contribution in [0.5, 0.6) is 0 Å². The second kappa shape index (κ2) is 5.07. The molecule has 7 heteroatoms. The number of hydrogen-bond donors (Lipinski definition) is 2. The van der Waals surface area contributed by atoms with Crippen molar-refractivity contribution in [2.45, 2.75) is 11.5 Å². The van der Waals surface area contributed by atoms with Gasteiger partial charge in [0.25, 0.3) is 0 Å². The van der Waals surface area contributed by atoms with Crippen LogP contribution in [0, 0.1) is 5.82 Å². The first-order chi connectivity index (χ1) is 9.19. The van der Waals surface area contributed by atoms with Crippen molar-refractivity contribution >= 4 is 33.5 Å². The average molecular weight is 341 g/mol. The summed E-state index contributed by atoms with van der Waals surface area (Å²) in [6.45, 7) is 0. The van der Waals surface area contributed by atoms with Crippen LogP contribution in [-0.4, -0.2) is 9.97 Å². The van der Waals surface area contributed by atoms with E-state index in [0.29, 0.717) is 16.1 Å². The number of thioether (sulfide) groups is 1. The molecule has 0 unspecified atom stereocenters. The molecule has 0 atom stereocenters. The molecule has 1 aromatic heterocycles. The second-order valence-electron chi connectivity index (χ2n) is 4.08. The Balaban J connectivity index is 2.15. The van der Waals surface area contributed by atoms with Crippen LogP contribution in [0.1, 0.15) is 11.3 Å². The molecule has 0 saturated carbocycles. The second-order valence-corrected chi connectivity index (χ2v) is 5.92. The Kier molecular flexibility index (Phi) is 3.42. The number of fused-ring (bicyclic) bond motifs is 1. The maximum absolute atomic E-state index is 13.1. The molecule has 2 heterocycles. The Hall–Kier alpha value is -1.18. The summed E-state index contributed by atoms with van der Waals surface area (Å²) < 4.78 is 13.7. The quantitative estimate of drug-likeness (QED) is 0.649. The molecule has 2 aromatic rings. The Morgan fingerprint density at radius 2 is 2.16 bits per heavy atom. The van der Waals surface area contributed by atoms with E-state index in [9.17, 15) is 4.39 Å². The lowest BCUT2D eigenvalue weighted by molar-refractivity contribution is 0.627. The third kappa shape index (κ3) is 2.33. The fourth-order valence-corrected chi connectivity index (χ4v) is 3.53. The molecule has 0 saturated heterocycles. The number of nitrogen functional groups attached to an aromatic ring is 1. The molecule has 4 nitrogen and oxygen atoms in total. The smallest absolute Gasteiger partial charge is 0.163 e. The van der Waals surface area contributed by atoms with Gasteiger partial charge in [-0.1, -0.05) is 0 Å². The van der Waals surface area contributed by atoms with Gasteiger partial charge in [-0.15, -0.1) is 0 Å². The molecule has 19 heavy (non-hydrogen) atoms. The highest BCUT2D eigenvalue weighted by atomic mass is 79.9. The highest BCUT2D eigenvalue weighted by Gasteiger charge is 2.20. The SMILES string of the molecule is NNc1nc(-c2ccc(F)cc2Br)nc2c1CSC2. The summed E-state index contributed by atoms with van der Waals surface area (Å²) in [5, 5.41) is 0. The summed E-state index contributed by atoms with van der Waals surface area (Å²) >= 11 is 5.11. The predicted octanol–water partition coefficient (Wildman–Crippen LogP) is 3.08. The molecule has 1 aliphatic rings. The number of aromatic nitrogens is 2. The van der Waals surface area contributed by atoms with Gasteiger partial charge in [-0.05, 0) is 34.1 Å². The maximum Gasteiger partial charge on any atom is 0.163 e. The van der Waals surface area contributed by atoms with Gasteiger partial charge in [0.15, 0.2) is 5.82 Å². The van der Waals surface area contributed by atoms with Crippen LogP contribution < -0.4 is 11.3 Å². The average Bonchev–Trinajstić information content (AvgIpc) is 2.85. The van der Waals surface area contributed by atoms with Crippen molar-refractivity contribution in [1.82, 2.24) is 9.97 Å². The highest BCUT2D eigenvalue weighted by molar-refractivity contribution is 9.10. The van der Waals surface area contributed by atoms with E-state index in [2.05, 4.69) is 31.3 Å². The molecule has 0 spiro atoms. The Morgan fingerprint density at radius 3 is 2.89 bits per heavy atom. The molecule has 0 fully saturated rings. The van der Waals surface area contributed by atoms with Crippen LogP contribution in [0.4, 0.5) is 10.2 Å². The number of hydrazine groups is 1. The van der Waals surface area contributed by atoms with Crippen molar-refractivity contribution in [1.29, 1.82) is 0 Å². The van der Waals surface area contributed by atoms with Gasteiger partial charge in [0.05, 0.1) is 5.69 Å². The largest absolute Gasteiger partial charge is 0.308 e. The van der Waals surface area contributed by atoms with Crippen molar-refractivity contribution in [2.24, 2.45) is 5.84 Å². The molecular formula is C12H10BrFN4S. The number of nitrogens with zero attached hydrogens (tertiary/aromatic N) is 2. The zero-order chi connectivity index (χ0) is 13.4. The Bertz CT molecular complexity index is 650. The molecular weight excluding hydrogens is 331 g/mol. The van der Waals surface area contributed by atoms with Crippen LogP contribution in [0.3, 0.4) is 0 Å². The summed E-state index contributed by atoms with van der Waals surface area (Å²) in [6, 6.07) is 4.45. The van der Waals surface area contributed by atoms with Gasteiger partial charge >= 0.3 is 0 Å². The lowest BCUT2D eigenvalue weighted by Crippen LogP contribution is -2.12. The number of nitrogens with two attached hydrogens (primary N) is 1. The van der Waals surface area contributed by atoms with Crippen LogP contribution in [0.2, 0.25) is 0 Å². The van der Waals surface area contributed by atoms with Crippen molar-refractivity contribution < 1.29 is 4.39 Å². The van der Waals surface area contributed by atoms with Crippen molar-refractivity contribution in [3.8, 4) is 11.4 Å². The number of halogens is 2. The maximum atomic E-state index is 13.1. The van der Waals surface area contributed by atoms with Gasteiger partial charge in [-0.25, -0.2) is 20.2 Å². The third-order valence-corrected chi connectivity index (χ3v) is 4.51. The summed E-state index contributed by atoms with van der Waals surface area (Å²) in [4.78, 5) is 8.95.